The van der Waals surface area contributed by atoms with Gasteiger partial charge in [-0.05, 0) is 65.7 Å². The van der Waals surface area contributed by atoms with Crippen molar-refractivity contribution in [1.29, 1.82) is 0 Å². The largest absolute Gasteiger partial charge is 0.503 e. The van der Waals surface area contributed by atoms with Gasteiger partial charge in [0.05, 0.1) is 40.9 Å². The lowest BCUT2D eigenvalue weighted by molar-refractivity contribution is 0.0531. The number of amides is 1. The minimum Gasteiger partial charge on any atom is -0.503 e. The molecule has 0 spiro atoms. The number of aromatic hydroxyl groups is 1. The predicted octanol–water partition coefficient (Wildman–Crippen LogP) is 5.72. The average Bonchev–Trinajstić information content (AvgIpc) is 3.39. The number of hydrogen-bond donors (Lipinski definition) is 1. The van der Waals surface area contributed by atoms with Crippen LogP contribution in [0.2, 0.25) is 0 Å². The third kappa shape index (κ3) is 4.12. The van der Waals surface area contributed by atoms with Gasteiger partial charge in [0.25, 0.3) is 5.91 Å². The zero-order valence-corrected chi connectivity index (χ0v) is 23.6. The number of rotatable bonds is 5. The number of aryl methyl sites for hydroxylation is 1. The van der Waals surface area contributed by atoms with Crippen LogP contribution in [0.15, 0.2) is 48.5 Å². The van der Waals surface area contributed by atoms with Crippen molar-refractivity contribution in [3.63, 3.8) is 0 Å². The summed E-state index contributed by atoms with van der Waals surface area (Å²) in [6.45, 7) is 3.52. The Morgan fingerprint density at radius 2 is 2.00 bits per heavy atom. The van der Waals surface area contributed by atoms with Crippen LogP contribution < -0.4 is 15.1 Å². The first-order valence-electron chi connectivity index (χ1n) is 11.0. The summed E-state index contributed by atoms with van der Waals surface area (Å²) in [6.07, 6.45) is 0. The molecule has 0 saturated carbocycles. The van der Waals surface area contributed by atoms with Crippen LogP contribution in [-0.2, 0) is 4.74 Å². The average molecular weight is 650 g/mol. The van der Waals surface area contributed by atoms with E-state index in [-0.39, 0.29) is 50.5 Å². The Morgan fingerprint density at radius 1 is 1.24 bits per heavy atom. The molecule has 1 amide bonds. The van der Waals surface area contributed by atoms with Crippen LogP contribution in [0.5, 0.6) is 11.5 Å². The fraction of sp³-hybridized carbons (Fsp3) is 0.200. The highest BCUT2D eigenvalue weighted by Gasteiger charge is 2.45. The fourth-order valence-corrected chi connectivity index (χ4v) is 6.04. The number of carbonyl (C=O) groups is 2. The van der Waals surface area contributed by atoms with Crippen LogP contribution in [0.4, 0.5) is 5.13 Å². The topological polar surface area (TPSA) is 119 Å². The van der Waals surface area contributed by atoms with Crippen molar-refractivity contribution < 1.29 is 28.6 Å². The number of anilines is 1. The zero-order valence-electron chi connectivity index (χ0n) is 19.6. The molecule has 2 aromatic carbocycles. The van der Waals surface area contributed by atoms with Crippen LogP contribution in [0.25, 0.3) is 11.0 Å². The maximum absolute atomic E-state index is 13.8. The van der Waals surface area contributed by atoms with Crippen molar-refractivity contribution in [2.24, 2.45) is 0 Å². The van der Waals surface area contributed by atoms with Gasteiger partial charge < -0.3 is 19.0 Å². The lowest BCUT2D eigenvalue weighted by Crippen LogP contribution is -2.29. The number of halogens is 2. The molecule has 3 heterocycles. The summed E-state index contributed by atoms with van der Waals surface area (Å²) in [5.41, 5.74) is 0.828. The lowest BCUT2D eigenvalue weighted by atomic mass is 9.98. The number of thiazole rings is 1. The third-order valence-electron chi connectivity index (χ3n) is 5.87. The molecule has 0 fully saturated rings. The summed E-state index contributed by atoms with van der Waals surface area (Å²) in [5, 5.41) is 10.9. The number of fused-ring (bicyclic) bond motifs is 2. The van der Waals surface area contributed by atoms with Crippen molar-refractivity contribution in [2.75, 3.05) is 18.6 Å². The molecule has 0 bridgehead atoms. The van der Waals surface area contributed by atoms with Crippen molar-refractivity contribution in [3.8, 4) is 11.5 Å². The Labute approximate surface area is 230 Å². The molecule has 9 nitrogen and oxygen atoms in total. The van der Waals surface area contributed by atoms with Crippen molar-refractivity contribution in [3.05, 3.63) is 77.0 Å². The van der Waals surface area contributed by atoms with E-state index in [1.165, 1.54) is 18.1 Å². The second-order valence-electron chi connectivity index (χ2n) is 8.08. The van der Waals surface area contributed by atoms with Crippen LogP contribution in [0.3, 0.4) is 0 Å². The highest BCUT2D eigenvalue weighted by molar-refractivity contribution is 9.10. The molecule has 1 unspecified atom stereocenters. The zero-order chi connectivity index (χ0) is 26.6. The summed E-state index contributed by atoms with van der Waals surface area (Å²) in [6, 6.07) is 7.11. The van der Waals surface area contributed by atoms with E-state index in [1.807, 2.05) is 0 Å². The van der Waals surface area contributed by atoms with Crippen LogP contribution in [-0.4, -0.2) is 35.7 Å². The van der Waals surface area contributed by atoms with Crippen molar-refractivity contribution in [1.82, 2.24) is 4.98 Å². The number of esters is 1. The number of phenolic OH excluding ortho intramolecular Hbond substituents is 1. The molecule has 0 radical (unpaired) electrons. The molecule has 1 aliphatic heterocycles. The molecular weight excluding hydrogens is 632 g/mol. The number of phenols is 1. The van der Waals surface area contributed by atoms with Gasteiger partial charge in [-0.15, -0.1) is 0 Å². The van der Waals surface area contributed by atoms with E-state index in [0.717, 1.165) is 11.3 Å². The Hall–Kier alpha value is -3.22. The minimum atomic E-state index is -0.978. The Bertz CT molecular complexity index is 1660. The normalized spacial score (nSPS) is 14.8. The molecule has 37 heavy (non-hydrogen) atoms. The van der Waals surface area contributed by atoms with Gasteiger partial charge in [0.15, 0.2) is 22.1 Å². The molecule has 2 aromatic heterocycles. The van der Waals surface area contributed by atoms with E-state index in [4.69, 9.17) is 13.9 Å². The lowest BCUT2D eigenvalue weighted by Gasteiger charge is -2.23. The molecule has 5 rings (SSSR count). The van der Waals surface area contributed by atoms with E-state index in [0.29, 0.717) is 25.6 Å². The van der Waals surface area contributed by atoms with Crippen LogP contribution in [0.1, 0.15) is 50.0 Å². The number of ether oxygens (including phenoxy) is 2. The Kier molecular flexibility index (Phi) is 6.59. The SMILES string of the molecule is CCOC(=O)c1sc(N2C(=O)c3oc4ccc(Br)cc4c(=O)c3C2c2cc(Br)c(O)c(OC)c2)nc1C. The fourth-order valence-electron chi connectivity index (χ4n) is 4.24. The van der Waals surface area contributed by atoms with Crippen molar-refractivity contribution >= 4 is 71.2 Å². The van der Waals surface area contributed by atoms with Gasteiger partial charge in [-0.2, -0.15) is 0 Å². The molecule has 190 valence electrons. The summed E-state index contributed by atoms with van der Waals surface area (Å²) < 4.78 is 17.4. The highest BCUT2D eigenvalue weighted by atomic mass is 79.9. The van der Waals surface area contributed by atoms with E-state index >= 15 is 0 Å². The summed E-state index contributed by atoms with van der Waals surface area (Å²) in [7, 11) is 1.39. The maximum atomic E-state index is 13.8. The molecule has 0 aliphatic carbocycles. The highest BCUT2D eigenvalue weighted by Crippen LogP contribution is 2.46. The first kappa shape index (κ1) is 25.4. The summed E-state index contributed by atoms with van der Waals surface area (Å²) in [5.74, 6) is -1.26. The van der Waals surface area contributed by atoms with Crippen LogP contribution >= 0.6 is 43.2 Å². The van der Waals surface area contributed by atoms with E-state index in [2.05, 4.69) is 36.8 Å². The number of aromatic nitrogens is 1. The maximum Gasteiger partial charge on any atom is 0.350 e. The number of nitrogens with zero attached hydrogens (tertiary/aromatic N) is 2. The van der Waals surface area contributed by atoms with Gasteiger partial charge in [-0.1, -0.05) is 27.3 Å². The quantitative estimate of drug-likeness (QED) is 0.273. The minimum absolute atomic E-state index is 0.112. The molecule has 1 atom stereocenters. The smallest absolute Gasteiger partial charge is 0.350 e. The van der Waals surface area contributed by atoms with Gasteiger partial charge in [0.1, 0.15) is 10.5 Å². The number of methoxy groups -OCH3 is 1. The first-order valence-corrected chi connectivity index (χ1v) is 13.4. The number of benzene rings is 2. The summed E-state index contributed by atoms with van der Waals surface area (Å²) >= 11 is 7.68. The molecule has 1 N–H and O–H groups in total. The van der Waals surface area contributed by atoms with Crippen molar-refractivity contribution in [2.45, 2.75) is 19.9 Å². The van der Waals surface area contributed by atoms with E-state index in [9.17, 15) is 19.5 Å². The van der Waals surface area contributed by atoms with Gasteiger partial charge in [-0.3, -0.25) is 14.5 Å². The Balaban J connectivity index is 1.79. The Morgan fingerprint density at radius 3 is 2.70 bits per heavy atom. The number of hydrogen-bond acceptors (Lipinski definition) is 9. The molecule has 12 heteroatoms. The molecule has 1 aliphatic rings. The predicted molar refractivity (Wildman–Crippen MR) is 144 cm³/mol. The van der Waals surface area contributed by atoms with Gasteiger partial charge in [0.2, 0.25) is 5.76 Å². The molecule has 0 saturated heterocycles. The van der Waals surface area contributed by atoms with Gasteiger partial charge in [0, 0.05) is 4.47 Å². The van der Waals surface area contributed by atoms with E-state index in [1.54, 1.807) is 38.1 Å². The van der Waals surface area contributed by atoms with Gasteiger partial charge >= 0.3 is 5.97 Å². The second-order valence-corrected chi connectivity index (χ2v) is 10.8. The standard InChI is InChI=1S/C25H18Br2N2O7S/c1-4-35-24(33)22-10(2)28-25(37-22)29-18(11-7-14(27)20(31)16(8-11)34-3)17-19(30)13-9-12(26)5-6-15(13)36-21(17)23(29)32/h5-9,18,31H,4H2,1-3H3. The summed E-state index contributed by atoms with van der Waals surface area (Å²) in [4.78, 5) is 46.1. The van der Waals surface area contributed by atoms with Gasteiger partial charge in [-0.25, -0.2) is 9.78 Å². The number of carbonyl (C=O) groups excluding carboxylic acids is 2. The third-order valence-corrected chi connectivity index (χ3v) is 8.11. The second kappa shape index (κ2) is 9.58. The monoisotopic (exact) mass is 648 g/mol. The first-order chi connectivity index (χ1) is 17.7. The molecular formula is C25H18Br2N2O7S. The van der Waals surface area contributed by atoms with E-state index < -0.39 is 17.9 Å². The van der Waals surface area contributed by atoms with Crippen LogP contribution in [0, 0.1) is 6.92 Å². The molecule has 4 aromatic rings.